The van der Waals surface area contributed by atoms with Gasteiger partial charge in [-0.15, -0.1) is 0 Å². The van der Waals surface area contributed by atoms with Gasteiger partial charge in [-0.25, -0.2) is 4.98 Å². The molecule has 0 spiro atoms. The average molecular weight is 472 g/mol. The Morgan fingerprint density at radius 2 is 1.84 bits per heavy atom. The van der Waals surface area contributed by atoms with E-state index in [2.05, 4.69) is 30.9 Å². The molecule has 5 nitrogen and oxygen atoms in total. The molecule has 7 heteroatoms. The van der Waals surface area contributed by atoms with Crippen molar-refractivity contribution in [2.45, 2.75) is 39.5 Å². The van der Waals surface area contributed by atoms with Gasteiger partial charge in [0.15, 0.2) is 5.13 Å². The van der Waals surface area contributed by atoms with Crippen LogP contribution in [0.1, 0.15) is 48.2 Å². The summed E-state index contributed by atoms with van der Waals surface area (Å²) in [6.07, 6.45) is 4.56. The molecule has 4 rings (SSSR count). The third-order valence-corrected chi connectivity index (χ3v) is 7.81. The van der Waals surface area contributed by atoms with Crippen molar-refractivity contribution in [2.75, 3.05) is 38.2 Å². The van der Waals surface area contributed by atoms with Crippen LogP contribution in [0.4, 0.5) is 5.13 Å². The maximum atomic E-state index is 13.7. The summed E-state index contributed by atoms with van der Waals surface area (Å²) >= 11 is 7.90. The van der Waals surface area contributed by atoms with E-state index in [0.717, 1.165) is 42.7 Å². The molecule has 0 radical (unpaired) electrons. The zero-order valence-corrected chi connectivity index (χ0v) is 20.6. The van der Waals surface area contributed by atoms with E-state index in [1.54, 1.807) is 7.11 Å². The molecular weight excluding hydrogens is 442 g/mol. The predicted molar refractivity (Wildman–Crippen MR) is 134 cm³/mol. The first kappa shape index (κ1) is 23.0. The molecule has 0 fully saturated rings. The standard InChI is InChI=1S/C25H30ClN3O2S/c1-4-28(5-2)14-15-29(24(30)19-11-10-17-8-6-7-9-18(17)16-19)25-27-22-21(31-3)13-12-20(26)23(22)32-25/h10-13,16H,4-9,14-15H2,1-3H3. The van der Waals surface area contributed by atoms with Gasteiger partial charge in [0.05, 0.1) is 16.8 Å². The number of hydrogen-bond acceptors (Lipinski definition) is 5. The Hall–Kier alpha value is -2.15. The van der Waals surface area contributed by atoms with Crippen molar-refractivity contribution in [1.29, 1.82) is 0 Å². The maximum Gasteiger partial charge on any atom is 0.260 e. The molecule has 170 valence electrons. The fourth-order valence-electron chi connectivity index (χ4n) is 4.31. The Kier molecular flexibility index (Phi) is 7.33. The molecule has 1 aliphatic rings. The number of hydrogen-bond donors (Lipinski definition) is 0. The summed E-state index contributed by atoms with van der Waals surface area (Å²) in [5, 5.41) is 1.27. The fourth-order valence-corrected chi connectivity index (χ4v) is 5.59. The number of anilines is 1. The molecule has 32 heavy (non-hydrogen) atoms. The number of aryl methyl sites for hydroxylation is 2. The molecule has 0 N–H and O–H groups in total. The highest BCUT2D eigenvalue weighted by Crippen LogP contribution is 2.39. The SMILES string of the molecule is CCN(CC)CCN(C(=O)c1ccc2c(c1)CCCC2)c1nc2c(OC)ccc(Cl)c2s1. The van der Waals surface area contributed by atoms with E-state index in [0.29, 0.717) is 28.0 Å². The van der Waals surface area contributed by atoms with Crippen molar-refractivity contribution in [3.8, 4) is 5.75 Å². The summed E-state index contributed by atoms with van der Waals surface area (Å²) in [4.78, 5) is 22.7. The van der Waals surface area contributed by atoms with Gasteiger partial charge >= 0.3 is 0 Å². The second-order valence-corrected chi connectivity index (χ2v) is 9.48. The second-order valence-electron chi connectivity index (χ2n) is 8.10. The van der Waals surface area contributed by atoms with Crippen LogP contribution >= 0.6 is 22.9 Å². The summed E-state index contributed by atoms with van der Waals surface area (Å²) in [6.45, 7) is 7.51. The quantitative estimate of drug-likeness (QED) is 0.415. The van der Waals surface area contributed by atoms with Crippen LogP contribution in [0.5, 0.6) is 5.75 Å². The van der Waals surface area contributed by atoms with Gasteiger partial charge in [-0.2, -0.15) is 0 Å². The second kappa shape index (κ2) is 10.2. The first-order valence-corrected chi connectivity index (χ1v) is 12.5. The molecule has 1 aliphatic carbocycles. The largest absolute Gasteiger partial charge is 0.494 e. The number of nitrogens with zero attached hydrogens (tertiary/aromatic N) is 3. The van der Waals surface area contributed by atoms with Crippen LogP contribution in [0.2, 0.25) is 5.02 Å². The van der Waals surface area contributed by atoms with Crippen molar-refractivity contribution >= 4 is 44.2 Å². The van der Waals surface area contributed by atoms with Gasteiger partial charge in [-0.05, 0) is 74.2 Å². The van der Waals surface area contributed by atoms with E-state index in [1.807, 2.05) is 23.1 Å². The summed E-state index contributed by atoms with van der Waals surface area (Å²) in [7, 11) is 1.62. The minimum Gasteiger partial charge on any atom is -0.494 e. The molecule has 1 amide bonds. The van der Waals surface area contributed by atoms with Crippen LogP contribution in [-0.4, -0.2) is 49.1 Å². The first-order valence-electron chi connectivity index (χ1n) is 11.3. The molecular formula is C25H30ClN3O2S. The molecule has 0 bridgehead atoms. The number of carbonyl (C=O) groups is 1. The summed E-state index contributed by atoms with van der Waals surface area (Å²) < 4.78 is 6.33. The number of halogens is 1. The van der Waals surface area contributed by atoms with Crippen LogP contribution in [0, 0.1) is 0 Å². The molecule has 0 aliphatic heterocycles. The van der Waals surface area contributed by atoms with E-state index in [4.69, 9.17) is 21.3 Å². The average Bonchev–Trinajstić information content (AvgIpc) is 3.27. The van der Waals surface area contributed by atoms with Gasteiger partial charge < -0.3 is 9.64 Å². The maximum absolute atomic E-state index is 13.7. The molecule has 1 heterocycles. The van der Waals surface area contributed by atoms with Crippen LogP contribution < -0.4 is 9.64 Å². The number of methoxy groups -OCH3 is 1. The number of amides is 1. The Morgan fingerprint density at radius 1 is 1.09 bits per heavy atom. The monoisotopic (exact) mass is 471 g/mol. The lowest BCUT2D eigenvalue weighted by Gasteiger charge is -2.25. The summed E-state index contributed by atoms with van der Waals surface area (Å²) in [5.74, 6) is 0.650. The van der Waals surface area contributed by atoms with Gasteiger partial charge in [-0.3, -0.25) is 9.69 Å². The number of thiazole rings is 1. The number of benzene rings is 2. The topological polar surface area (TPSA) is 45.7 Å². The third-order valence-electron chi connectivity index (χ3n) is 6.27. The van der Waals surface area contributed by atoms with Crippen molar-refractivity contribution in [3.63, 3.8) is 0 Å². The lowest BCUT2D eigenvalue weighted by Crippen LogP contribution is -2.39. The minimum atomic E-state index is -0.0142. The van der Waals surface area contributed by atoms with Gasteiger partial charge in [0, 0.05) is 18.7 Å². The summed E-state index contributed by atoms with van der Waals surface area (Å²) in [6, 6.07) is 9.82. The number of likely N-dealkylation sites (N-methyl/N-ethyl adjacent to an activating group) is 1. The Bertz CT molecular complexity index is 1110. The van der Waals surface area contributed by atoms with E-state index >= 15 is 0 Å². The van der Waals surface area contributed by atoms with Crippen molar-refractivity contribution in [1.82, 2.24) is 9.88 Å². The highest BCUT2D eigenvalue weighted by Gasteiger charge is 2.24. The van der Waals surface area contributed by atoms with Crippen molar-refractivity contribution < 1.29 is 9.53 Å². The molecule has 1 aromatic heterocycles. The molecule has 3 aromatic rings. The fraction of sp³-hybridized carbons (Fsp3) is 0.440. The minimum absolute atomic E-state index is 0.0142. The van der Waals surface area contributed by atoms with Crippen molar-refractivity contribution in [2.24, 2.45) is 0 Å². The van der Waals surface area contributed by atoms with E-state index in [9.17, 15) is 4.79 Å². The zero-order valence-electron chi connectivity index (χ0n) is 19.0. The number of fused-ring (bicyclic) bond motifs is 2. The predicted octanol–water partition coefficient (Wildman–Crippen LogP) is 5.83. The molecule has 0 atom stereocenters. The van der Waals surface area contributed by atoms with Gasteiger partial charge in [-0.1, -0.05) is 42.9 Å². The van der Waals surface area contributed by atoms with Crippen LogP contribution in [0.3, 0.4) is 0 Å². The highest BCUT2D eigenvalue weighted by atomic mass is 35.5. The molecule has 0 saturated heterocycles. The van der Waals surface area contributed by atoms with Crippen LogP contribution in [0.25, 0.3) is 10.2 Å². The number of rotatable bonds is 8. The first-order chi connectivity index (χ1) is 15.5. The van der Waals surface area contributed by atoms with Gasteiger partial charge in [0.25, 0.3) is 5.91 Å². The molecule has 0 saturated carbocycles. The number of aromatic nitrogens is 1. The Morgan fingerprint density at radius 3 is 2.56 bits per heavy atom. The van der Waals surface area contributed by atoms with Gasteiger partial charge in [0.2, 0.25) is 0 Å². The lowest BCUT2D eigenvalue weighted by atomic mass is 9.90. The van der Waals surface area contributed by atoms with Crippen LogP contribution in [0.15, 0.2) is 30.3 Å². The third kappa shape index (κ3) is 4.63. The highest BCUT2D eigenvalue weighted by molar-refractivity contribution is 7.23. The van der Waals surface area contributed by atoms with Crippen molar-refractivity contribution in [3.05, 3.63) is 52.0 Å². The smallest absolute Gasteiger partial charge is 0.260 e. The molecule has 2 aromatic carbocycles. The van der Waals surface area contributed by atoms with E-state index < -0.39 is 0 Å². The normalized spacial score (nSPS) is 13.4. The van der Waals surface area contributed by atoms with Crippen LogP contribution in [-0.2, 0) is 12.8 Å². The van der Waals surface area contributed by atoms with Gasteiger partial charge in [0.1, 0.15) is 11.3 Å². The zero-order chi connectivity index (χ0) is 22.7. The lowest BCUT2D eigenvalue weighted by molar-refractivity contribution is 0.0983. The Balaban J connectivity index is 1.72. The van der Waals surface area contributed by atoms with E-state index in [1.165, 1.54) is 35.3 Å². The Labute approximate surface area is 199 Å². The summed E-state index contributed by atoms with van der Waals surface area (Å²) in [5.41, 5.74) is 4.10. The number of ether oxygens (including phenoxy) is 1. The number of carbonyl (C=O) groups excluding carboxylic acids is 1. The van der Waals surface area contributed by atoms with E-state index in [-0.39, 0.29) is 5.91 Å². The molecule has 0 unspecified atom stereocenters.